The average Bonchev–Trinajstić information content (AvgIpc) is 3.59. The molecule has 0 amide bonds. The van der Waals surface area contributed by atoms with Crippen molar-refractivity contribution in [1.29, 1.82) is 0 Å². The number of benzene rings is 2. The molecule has 3 aliphatic carbocycles. The Morgan fingerprint density at radius 2 is 1.94 bits per heavy atom. The number of fused-ring (bicyclic) bond motifs is 2. The minimum absolute atomic E-state index is 0.00372. The fourth-order valence-electron chi connectivity index (χ4n) is 7.77. The maximum Gasteiger partial charge on any atom is 0.166 e. The van der Waals surface area contributed by atoms with Crippen LogP contribution < -0.4 is 4.74 Å². The lowest BCUT2D eigenvalue weighted by Gasteiger charge is -2.63. The Hall–Kier alpha value is -2.96. The monoisotopic (exact) mass is 467 g/mol. The number of ether oxygens (including phenoxy) is 1. The Bertz CT molecular complexity index is 1390. The summed E-state index contributed by atoms with van der Waals surface area (Å²) in [6.07, 6.45) is 4.21. The number of phenols is 1. The van der Waals surface area contributed by atoms with Crippen molar-refractivity contribution >= 4 is 0 Å². The molecule has 2 bridgehead atoms. The normalized spacial score (nSPS) is 32.1. The van der Waals surface area contributed by atoms with Crippen molar-refractivity contribution in [3.63, 3.8) is 0 Å². The molecule has 5 aliphatic rings. The molecule has 3 heterocycles. The predicted octanol–water partition coefficient (Wildman–Crippen LogP) is 3.86. The van der Waals surface area contributed by atoms with Gasteiger partial charge < -0.3 is 14.9 Å². The van der Waals surface area contributed by atoms with Crippen molar-refractivity contribution < 1.29 is 14.9 Å². The molecule has 2 aliphatic heterocycles. The van der Waals surface area contributed by atoms with E-state index in [9.17, 15) is 10.2 Å². The van der Waals surface area contributed by atoms with Gasteiger partial charge in [0, 0.05) is 35.7 Å². The van der Waals surface area contributed by atoms with Crippen LogP contribution in [0, 0.1) is 12.8 Å². The number of likely N-dealkylation sites (tertiary alicyclic amines) is 1. The Kier molecular flexibility index (Phi) is 3.83. The summed E-state index contributed by atoms with van der Waals surface area (Å²) in [6.45, 7) is 3.92. The van der Waals surface area contributed by atoms with Crippen LogP contribution in [0.1, 0.15) is 53.6 Å². The molecule has 2 N–H and O–H groups in total. The van der Waals surface area contributed by atoms with Gasteiger partial charge in [0.2, 0.25) is 0 Å². The molecule has 1 saturated heterocycles. The van der Waals surface area contributed by atoms with E-state index in [1.54, 1.807) is 6.07 Å². The maximum atomic E-state index is 12.9. The number of aliphatic hydroxyl groups is 1. The molecule has 0 unspecified atom stereocenters. The third kappa shape index (κ3) is 2.47. The van der Waals surface area contributed by atoms with Crippen LogP contribution in [0.2, 0.25) is 0 Å². The first kappa shape index (κ1) is 20.3. The molecule has 3 aromatic rings. The molecule has 2 aromatic carbocycles. The highest BCUT2D eigenvalue weighted by molar-refractivity contribution is 5.69. The number of aryl methyl sites for hydroxylation is 1. The highest BCUT2D eigenvalue weighted by atomic mass is 16.5. The number of rotatable bonds is 3. The molecule has 8 rings (SSSR count). The standard InChI is InChI=1S/C29H29N3O3/c1-16-30-24(18-5-3-2-4-6-18)20-14-29(34)22-13-19-9-10-21(33)26-23(19)28(29,27(35-26)25(20)31-16)11-12-32(22)15-17-7-8-17/h2-6,9-10,17,22,27,33-34H,7-8,11-15H2,1H3/t22-,27-,28-,29+/m0/s1. The van der Waals surface area contributed by atoms with E-state index < -0.39 is 17.1 Å². The molecule has 1 aromatic heterocycles. The first-order valence-electron chi connectivity index (χ1n) is 12.9. The smallest absolute Gasteiger partial charge is 0.166 e. The zero-order valence-corrected chi connectivity index (χ0v) is 19.9. The second-order valence-corrected chi connectivity index (χ2v) is 11.3. The van der Waals surface area contributed by atoms with Crippen LogP contribution in [0.3, 0.4) is 0 Å². The summed E-state index contributed by atoms with van der Waals surface area (Å²) >= 11 is 0. The number of phenolic OH excluding ortho intramolecular Hbond substituents is 1. The quantitative estimate of drug-likeness (QED) is 0.609. The van der Waals surface area contributed by atoms with Crippen LogP contribution in [0.25, 0.3) is 11.3 Å². The van der Waals surface area contributed by atoms with Crippen molar-refractivity contribution in [1.82, 2.24) is 14.9 Å². The molecule has 1 spiro atoms. The van der Waals surface area contributed by atoms with Gasteiger partial charge in [-0.2, -0.15) is 0 Å². The van der Waals surface area contributed by atoms with Crippen LogP contribution in [-0.4, -0.2) is 49.8 Å². The summed E-state index contributed by atoms with van der Waals surface area (Å²) in [5.41, 5.74) is 4.37. The second-order valence-electron chi connectivity index (χ2n) is 11.3. The molecule has 35 heavy (non-hydrogen) atoms. The highest BCUT2D eigenvalue weighted by Gasteiger charge is 2.73. The highest BCUT2D eigenvalue weighted by Crippen LogP contribution is 2.68. The van der Waals surface area contributed by atoms with E-state index >= 15 is 0 Å². The van der Waals surface area contributed by atoms with Crippen molar-refractivity contribution in [2.45, 2.75) is 62.2 Å². The van der Waals surface area contributed by atoms with E-state index in [4.69, 9.17) is 14.7 Å². The number of nitrogens with zero attached hydrogens (tertiary/aromatic N) is 3. The topological polar surface area (TPSA) is 78.7 Å². The van der Waals surface area contributed by atoms with Gasteiger partial charge in [0.15, 0.2) is 17.6 Å². The predicted molar refractivity (Wildman–Crippen MR) is 130 cm³/mol. The molecule has 178 valence electrons. The minimum Gasteiger partial charge on any atom is -0.504 e. The Labute approximate surface area is 204 Å². The molecule has 6 nitrogen and oxygen atoms in total. The number of hydrogen-bond acceptors (Lipinski definition) is 6. The van der Waals surface area contributed by atoms with E-state index in [2.05, 4.69) is 17.0 Å². The van der Waals surface area contributed by atoms with Crippen LogP contribution in [0.15, 0.2) is 42.5 Å². The van der Waals surface area contributed by atoms with Gasteiger partial charge in [-0.25, -0.2) is 9.97 Å². The zero-order chi connectivity index (χ0) is 23.5. The van der Waals surface area contributed by atoms with E-state index in [-0.39, 0.29) is 11.8 Å². The molecule has 6 heteroatoms. The van der Waals surface area contributed by atoms with Crippen molar-refractivity contribution in [3.8, 4) is 22.8 Å². The molecular weight excluding hydrogens is 438 g/mol. The summed E-state index contributed by atoms with van der Waals surface area (Å²) < 4.78 is 6.66. The molecule has 2 fully saturated rings. The van der Waals surface area contributed by atoms with Gasteiger partial charge in [-0.15, -0.1) is 0 Å². The lowest BCUT2D eigenvalue weighted by Crippen LogP contribution is -2.74. The van der Waals surface area contributed by atoms with Crippen LogP contribution in [0.5, 0.6) is 11.5 Å². The van der Waals surface area contributed by atoms with Gasteiger partial charge in [-0.1, -0.05) is 36.4 Å². The van der Waals surface area contributed by atoms with Crippen LogP contribution in [-0.2, 0) is 18.3 Å². The average molecular weight is 468 g/mol. The minimum atomic E-state index is -1.02. The Morgan fingerprint density at radius 1 is 1.11 bits per heavy atom. The molecular formula is C29H29N3O3. The summed E-state index contributed by atoms with van der Waals surface area (Å²) in [5, 5.41) is 23.8. The van der Waals surface area contributed by atoms with Crippen molar-refractivity contribution in [2.24, 2.45) is 5.92 Å². The van der Waals surface area contributed by atoms with Gasteiger partial charge in [0.05, 0.1) is 22.4 Å². The van der Waals surface area contributed by atoms with Gasteiger partial charge in [-0.05, 0) is 56.7 Å². The maximum absolute atomic E-state index is 12.9. The van der Waals surface area contributed by atoms with Gasteiger partial charge in [0.25, 0.3) is 0 Å². The van der Waals surface area contributed by atoms with E-state index in [0.717, 1.165) is 59.9 Å². The lowest BCUT2D eigenvalue weighted by molar-refractivity contribution is -0.173. The number of hydrogen-bond donors (Lipinski definition) is 2. The second kappa shape index (κ2) is 6.62. The largest absolute Gasteiger partial charge is 0.504 e. The Balaban J connectivity index is 1.40. The lowest BCUT2D eigenvalue weighted by atomic mass is 9.48. The van der Waals surface area contributed by atoms with E-state index in [1.807, 2.05) is 31.2 Å². The number of aromatic hydroxyl groups is 1. The van der Waals surface area contributed by atoms with Gasteiger partial charge >= 0.3 is 0 Å². The molecule has 1 saturated carbocycles. The van der Waals surface area contributed by atoms with E-state index in [0.29, 0.717) is 18.0 Å². The fourth-order valence-corrected chi connectivity index (χ4v) is 7.77. The third-order valence-electron chi connectivity index (χ3n) is 9.41. The van der Waals surface area contributed by atoms with Crippen LogP contribution in [0.4, 0.5) is 0 Å². The summed E-state index contributed by atoms with van der Waals surface area (Å²) in [7, 11) is 0. The summed E-state index contributed by atoms with van der Waals surface area (Å²) in [6, 6.07) is 14.0. The first-order chi connectivity index (χ1) is 17.0. The third-order valence-corrected chi connectivity index (χ3v) is 9.41. The van der Waals surface area contributed by atoms with Gasteiger partial charge in [0.1, 0.15) is 5.82 Å². The SMILES string of the molecule is Cc1nc(-c2ccccc2)c2c(n1)[C@@H]1Oc3c(O)ccc4c3[C@@]13CCN(CC1CC1)[C@@H](C4)[C@]3(O)C2. The van der Waals surface area contributed by atoms with Crippen molar-refractivity contribution in [3.05, 3.63) is 70.7 Å². The van der Waals surface area contributed by atoms with Crippen LogP contribution >= 0.6 is 0 Å². The Morgan fingerprint density at radius 3 is 2.74 bits per heavy atom. The summed E-state index contributed by atoms with van der Waals surface area (Å²) in [4.78, 5) is 12.4. The number of piperidine rings is 1. The first-order valence-corrected chi connectivity index (χ1v) is 12.9. The summed E-state index contributed by atoms with van der Waals surface area (Å²) in [5.74, 6) is 2.16. The zero-order valence-electron chi connectivity index (χ0n) is 19.9. The molecule has 4 atom stereocenters. The van der Waals surface area contributed by atoms with Gasteiger partial charge in [-0.3, -0.25) is 4.90 Å². The number of aromatic nitrogens is 2. The molecule has 0 radical (unpaired) electrons. The fraction of sp³-hybridized carbons (Fsp3) is 0.448. The van der Waals surface area contributed by atoms with E-state index in [1.165, 1.54) is 18.4 Å². The van der Waals surface area contributed by atoms with Crippen molar-refractivity contribution in [2.75, 3.05) is 13.1 Å².